The van der Waals surface area contributed by atoms with E-state index in [-0.39, 0.29) is 10.8 Å². The lowest BCUT2D eigenvalue weighted by atomic mass is 10.2. The highest BCUT2D eigenvalue weighted by Gasteiger charge is 2.05. The van der Waals surface area contributed by atoms with Crippen molar-refractivity contribution in [3.05, 3.63) is 69.8 Å². The van der Waals surface area contributed by atoms with Crippen LogP contribution < -0.4 is 10.2 Å². The molecule has 0 aliphatic rings. The third-order valence-electron chi connectivity index (χ3n) is 3.29. The first-order valence-electron chi connectivity index (χ1n) is 6.77. The number of aryl methyl sites for hydroxylation is 1. The molecule has 3 rings (SSSR count). The number of nitrogens with one attached hydrogen (secondary N) is 1. The molecule has 1 N–H and O–H groups in total. The number of thiazole rings is 1. The van der Waals surface area contributed by atoms with Gasteiger partial charge in [-0.25, -0.2) is 0 Å². The Morgan fingerprint density at radius 3 is 2.73 bits per heavy atom. The van der Waals surface area contributed by atoms with Crippen LogP contribution in [0.5, 0.6) is 0 Å². The van der Waals surface area contributed by atoms with E-state index in [0.717, 1.165) is 15.8 Å². The average molecular weight is 310 g/mol. The van der Waals surface area contributed by atoms with Crippen molar-refractivity contribution in [2.45, 2.75) is 0 Å². The summed E-state index contributed by atoms with van der Waals surface area (Å²) in [6.45, 7) is 0. The summed E-state index contributed by atoms with van der Waals surface area (Å²) in [5, 5.41) is 2.80. The topological polar surface area (TPSA) is 51.1 Å². The van der Waals surface area contributed by atoms with Crippen LogP contribution in [0.2, 0.25) is 0 Å². The molecule has 110 valence electrons. The van der Waals surface area contributed by atoms with Crippen molar-refractivity contribution in [1.29, 1.82) is 0 Å². The van der Waals surface area contributed by atoms with Gasteiger partial charge in [-0.2, -0.15) is 0 Å². The Balaban J connectivity index is 1.77. The number of hydrogen-bond donors (Lipinski definition) is 1. The summed E-state index contributed by atoms with van der Waals surface area (Å²) in [7, 11) is 1.74. The predicted molar refractivity (Wildman–Crippen MR) is 91.2 cm³/mol. The molecular formula is C17H14N2O2S. The lowest BCUT2D eigenvalue weighted by Crippen LogP contribution is -2.08. The van der Waals surface area contributed by atoms with Crippen LogP contribution in [0.1, 0.15) is 5.56 Å². The molecule has 4 nitrogen and oxygen atoms in total. The second-order valence-electron chi connectivity index (χ2n) is 4.84. The van der Waals surface area contributed by atoms with E-state index in [1.54, 1.807) is 23.8 Å². The number of nitrogens with zero attached hydrogens (tertiary/aromatic N) is 1. The number of carbonyl (C=O) groups excluding carboxylic acids is 1. The van der Waals surface area contributed by atoms with E-state index in [1.807, 2.05) is 42.5 Å². The SMILES string of the molecule is Cn1c(=O)sc2cc(NC(=O)/C=C/c3ccccc3)ccc21. The molecule has 1 heterocycles. The summed E-state index contributed by atoms with van der Waals surface area (Å²) in [6, 6.07) is 15.1. The maximum atomic E-state index is 11.9. The summed E-state index contributed by atoms with van der Waals surface area (Å²) in [5.41, 5.74) is 2.51. The maximum absolute atomic E-state index is 11.9. The molecular weight excluding hydrogens is 296 g/mol. The zero-order chi connectivity index (χ0) is 15.5. The van der Waals surface area contributed by atoms with Crippen molar-refractivity contribution in [2.75, 3.05) is 5.32 Å². The van der Waals surface area contributed by atoms with Crippen molar-refractivity contribution in [3.8, 4) is 0 Å². The molecule has 0 aliphatic heterocycles. The van der Waals surface area contributed by atoms with Gasteiger partial charge in [0.2, 0.25) is 5.91 Å². The van der Waals surface area contributed by atoms with E-state index in [1.165, 1.54) is 17.4 Å². The molecule has 3 aromatic rings. The lowest BCUT2D eigenvalue weighted by Gasteiger charge is -2.02. The lowest BCUT2D eigenvalue weighted by molar-refractivity contribution is -0.111. The quantitative estimate of drug-likeness (QED) is 0.755. The van der Waals surface area contributed by atoms with Crippen LogP contribution in [-0.2, 0) is 11.8 Å². The number of fused-ring (bicyclic) bond motifs is 1. The van der Waals surface area contributed by atoms with Gasteiger partial charge in [0.1, 0.15) is 0 Å². The third kappa shape index (κ3) is 2.99. The van der Waals surface area contributed by atoms with Gasteiger partial charge in [-0.3, -0.25) is 9.59 Å². The van der Waals surface area contributed by atoms with Gasteiger partial charge in [0.05, 0.1) is 10.2 Å². The Morgan fingerprint density at radius 1 is 1.18 bits per heavy atom. The number of benzene rings is 2. The van der Waals surface area contributed by atoms with Crippen LogP contribution in [-0.4, -0.2) is 10.5 Å². The van der Waals surface area contributed by atoms with Crippen molar-refractivity contribution >= 4 is 39.2 Å². The van der Waals surface area contributed by atoms with E-state index in [2.05, 4.69) is 5.32 Å². The second kappa shape index (κ2) is 5.99. The van der Waals surface area contributed by atoms with Crippen molar-refractivity contribution in [2.24, 2.45) is 7.05 Å². The summed E-state index contributed by atoms with van der Waals surface area (Å²) in [5.74, 6) is -0.202. The molecule has 0 bridgehead atoms. The molecule has 2 aromatic carbocycles. The van der Waals surface area contributed by atoms with Crippen LogP contribution in [0, 0.1) is 0 Å². The molecule has 0 fully saturated rings. The first-order chi connectivity index (χ1) is 10.6. The molecule has 1 aromatic heterocycles. The van der Waals surface area contributed by atoms with Crippen LogP contribution in [0.15, 0.2) is 59.4 Å². The molecule has 0 spiro atoms. The molecule has 0 saturated heterocycles. The fraction of sp³-hybridized carbons (Fsp3) is 0.0588. The van der Waals surface area contributed by atoms with E-state index < -0.39 is 0 Å². The fourth-order valence-electron chi connectivity index (χ4n) is 2.13. The number of anilines is 1. The Bertz CT molecular complexity index is 907. The minimum absolute atomic E-state index is 0.0116. The van der Waals surface area contributed by atoms with E-state index in [4.69, 9.17) is 0 Å². The molecule has 1 amide bonds. The number of hydrogen-bond acceptors (Lipinski definition) is 3. The Hall–Kier alpha value is -2.66. The summed E-state index contributed by atoms with van der Waals surface area (Å²) in [6.07, 6.45) is 3.25. The highest BCUT2D eigenvalue weighted by atomic mass is 32.1. The first kappa shape index (κ1) is 14.3. The molecule has 0 radical (unpaired) electrons. The zero-order valence-electron chi connectivity index (χ0n) is 11.9. The summed E-state index contributed by atoms with van der Waals surface area (Å²) >= 11 is 1.17. The third-order valence-corrected chi connectivity index (χ3v) is 4.28. The molecule has 22 heavy (non-hydrogen) atoms. The van der Waals surface area contributed by atoms with Crippen LogP contribution in [0.4, 0.5) is 5.69 Å². The van der Waals surface area contributed by atoms with Gasteiger partial charge in [0, 0.05) is 18.8 Å². The standard InChI is InChI=1S/C17H14N2O2S/c1-19-14-9-8-13(11-15(14)22-17(19)21)18-16(20)10-7-12-5-3-2-4-6-12/h2-11H,1H3,(H,18,20)/b10-7+. The number of carbonyl (C=O) groups is 1. The van der Waals surface area contributed by atoms with Crippen molar-refractivity contribution in [1.82, 2.24) is 4.57 Å². The van der Waals surface area contributed by atoms with Crippen molar-refractivity contribution < 1.29 is 4.79 Å². The summed E-state index contributed by atoms with van der Waals surface area (Å²) in [4.78, 5) is 23.5. The predicted octanol–water partition coefficient (Wildman–Crippen LogP) is 3.25. The zero-order valence-corrected chi connectivity index (χ0v) is 12.8. The molecule has 0 atom stereocenters. The monoisotopic (exact) mass is 310 g/mol. The smallest absolute Gasteiger partial charge is 0.307 e. The summed E-state index contributed by atoms with van der Waals surface area (Å²) < 4.78 is 2.46. The van der Waals surface area contributed by atoms with E-state index >= 15 is 0 Å². The van der Waals surface area contributed by atoms with E-state index in [9.17, 15) is 9.59 Å². The number of amides is 1. The Labute approximate surface area is 131 Å². The molecule has 5 heteroatoms. The Morgan fingerprint density at radius 2 is 1.95 bits per heavy atom. The number of aromatic nitrogens is 1. The van der Waals surface area contributed by atoms with Crippen molar-refractivity contribution in [3.63, 3.8) is 0 Å². The minimum Gasteiger partial charge on any atom is -0.322 e. The van der Waals surface area contributed by atoms with Gasteiger partial charge in [-0.15, -0.1) is 0 Å². The van der Waals surface area contributed by atoms with E-state index in [0.29, 0.717) is 5.69 Å². The highest BCUT2D eigenvalue weighted by Crippen LogP contribution is 2.21. The van der Waals surface area contributed by atoms with Crippen LogP contribution in [0.3, 0.4) is 0 Å². The maximum Gasteiger partial charge on any atom is 0.307 e. The molecule has 0 aliphatic carbocycles. The normalized spacial score (nSPS) is 11.1. The second-order valence-corrected chi connectivity index (χ2v) is 5.84. The largest absolute Gasteiger partial charge is 0.322 e. The first-order valence-corrected chi connectivity index (χ1v) is 7.59. The Kier molecular flexibility index (Phi) is 3.89. The molecule has 0 saturated carbocycles. The van der Waals surface area contributed by atoms with Crippen LogP contribution >= 0.6 is 11.3 Å². The minimum atomic E-state index is -0.202. The van der Waals surface area contributed by atoms with Gasteiger partial charge >= 0.3 is 4.87 Å². The molecule has 0 unspecified atom stereocenters. The van der Waals surface area contributed by atoms with Gasteiger partial charge < -0.3 is 9.88 Å². The fourth-order valence-corrected chi connectivity index (χ4v) is 3.05. The highest BCUT2D eigenvalue weighted by molar-refractivity contribution is 7.16. The van der Waals surface area contributed by atoms with Gasteiger partial charge in [-0.05, 0) is 29.8 Å². The van der Waals surface area contributed by atoms with Crippen LogP contribution in [0.25, 0.3) is 16.3 Å². The van der Waals surface area contributed by atoms with Gasteiger partial charge in [0.15, 0.2) is 0 Å². The van der Waals surface area contributed by atoms with Gasteiger partial charge in [-0.1, -0.05) is 41.7 Å². The van der Waals surface area contributed by atoms with Gasteiger partial charge in [0.25, 0.3) is 0 Å². The average Bonchev–Trinajstić information content (AvgIpc) is 2.81. The number of rotatable bonds is 3.